The van der Waals surface area contributed by atoms with Crippen molar-refractivity contribution in [2.75, 3.05) is 0 Å². The van der Waals surface area contributed by atoms with E-state index in [0.717, 1.165) is 23.4 Å². The second kappa shape index (κ2) is 5.16. The monoisotopic (exact) mass is 246 g/mol. The van der Waals surface area contributed by atoms with Gasteiger partial charge in [-0.25, -0.2) is 0 Å². The van der Waals surface area contributed by atoms with Crippen molar-refractivity contribution in [2.45, 2.75) is 26.2 Å². The van der Waals surface area contributed by atoms with Gasteiger partial charge in [-0.05, 0) is 18.9 Å². The van der Waals surface area contributed by atoms with Crippen LogP contribution in [0, 0.1) is 0 Å². The summed E-state index contributed by atoms with van der Waals surface area (Å²) >= 11 is 0. The first-order valence-corrected chi connectivity index (χ1v) is 6.14. The Kier molecular flexibility index (Phi) is 3.60. The third-order valence-corrected chi connectivity index (χ3v) is 3.07. The van der Waals surface area contributed by atoms with Crippen LogP contribution in [0.25, 0.3) is 0 Å². The van der Waals surface area contributed by atoms with Gasteiger partial charge in [0.2, 0.25) is 0 Å². The lowest BCUT2D eigenvalue weighted by Crippen LogP contribution is -2.05. The zero-order chi connectivity index (χ0) is 13.1. The standard InChI is InChI=1S/C13H18N4O/c1-4-12-11(9-16(2)15-12)13(18)6-5-10-7-8-14-17(10)3/h7-9H,4-6H2,1-3H3. The zero-order valence-corrected chi connectivity index (χ0v) is 11.1. The molecule has 0 aliphatic heterocycles. The average molecular weight is 246 g/mol. The van der Waals surface area contributed by atoms with Crippen molar-refractivity contribution in [3.05, 3.63) is 35.4 Å². The highest BCUT2D eigenvalue weighted by molar-refractivity contribution is 5.97. The minimum atomic E-state index is 0.154. The molecule has 5 nitrogen and oxygen atoms in total. The number of carbonyl (C=O) groups is 1. The van der Waals surface area contributed by atoms with Gasteiger partial charge in [0.25, 0.3) is 0 Å². The van der Waals surface area contributed by atoms with Crippen LogP contribution in [0.2, 0.25) is 0 Å². The molecule has 0 aliphatic rings. The Hall–Kier alpha value is -1.91. The van der Waals surface area contributed by atoms with Crippen molar-refractivity contribution in [2.24, 2.45) is 14.1 Å². The molecule has 0 amide bonds. The van der Waals surface area contributed by atoms with E-state index in [1.165, 1.54) is 0 Å². The van der Waals surface area contributed by atoms with Crippen molar-refractivity contribution in [3.8, 4) is 0 Å². The number of hydrogen-bond donors (Lipinski definition) is 0. The summed E-state index contributed by atoms with van der Waals surface area (Å²) in [6, 6.07) is 1.94. The van der Waals surface area contributed by atoms with E-state index in [-0.39, 0.29) is 5.78 Å². The molecule has 0 atom stereocenters. The molecule has 0 N–H and O–H groups in total. The van der Waals surface area contributed by atoms with Gasteiger partial charge in [-0.15, -0.1) is 0 Å². The maximum atomic E-state index is 12.2. The van der Waals surface area contributed by atoms with Gasteiger partial charge < -0.3 is 0 Å². The van der Waals surface area contributed by atoms with E-state index < -0.39 is 0 Å². The minimum absolute atomic E-state index is 0.154. The Labute approximate surface area is 106 Å². The molecule has 0 fully saturated rings. The van der Waals surface area contributed by atoms with Gasteiger partial charge in [-0.3, -0.25) is 14.2 Å². The molecule has 0 spiro atoms. The SMILES string of the molecule is CCc1nn(C)cc1C(=O)CCc1ccnn1C. The lowest BCUT2D eigenvalue weighted by molar-refractivity contribution is 0.0981. The number of hydrogen-bond acceptors (Lipinski definition) is 3. The van der Waals surface area contributed by atoms with Crippen molar-refractivity contribution in [1.29, 1.82) is 0 Å². The molecule has 5 heteroatoms. The van der Waals surface area contributed by atoms with Crippen LogP contribution in [0.5, 0.6) is 0 Å². The van der Waals surface area contributed by atoms with Crippen molar-refractivity contribution < 1.29 is 4.79 Å². The van der Waals surface area contributed by atoms with Gasteiger partial charge in [0, 0.05) is 38.6 Å². The van der Waals surface area contributed by atoms with Gasteiger partial charge in [0.15, 0.2) is 5.78 Å². The Morgan fingerprint density at radius 2 is 2.17 bits per heavy atom. The fourth-order valence-electron chi connectivity index (χ4n) is 2.05. The van der Waals surface area contributed by atoms with E-state index in [4.69, 9.17) is 0 Å². The average Bonchev–Trinajstić information content (AvgIpc) is 2.92. The third kappa shape index (κ3) is 2.50. The Balaban J connectivity index is 2.06. The summed E-state index contributed by atoms with van der Waals surface area (Å²) in [5.41, 5.74) is 2.71. The maximum absolute atomic E-state index is 12.2. The Bertz CT molecular complexity index is 553. The van der Waals surface area contributed by atoms with E-state index in [1.54, 1.807) is 15.6 Å². The molecule has 2 heterocycles. The highest BCUT2D eigenvalue weighted by Gasteiger charge is 2.14. The van der Waals surface area contributed by atoms with Crippen LogP contribution in [0.3, 0.4) is 0 Å². The predicted octanol–water partition coefficient (Wildman–Crippen LogP) is 1.53. The smallest absolute Gasteiger partial charge is 0.166 e. The number of carbonyl (C=O) groups excluding carboxylic acids is 1. The van der Waals surface area contributed by atoms with Crippen LogP contribution in [0.1, 0.15) is 35.1 Å². The van der Waals surface area contributed by atoms with E-state index in [1.807, 2.05) is 33.3 Å². The Morgan fingerprint density at radius 3 is 2.78 bits per heavy atom. The second-order valence-electron chi connectivity index (χ2n) is 4.39. The lowest BCUT2D eigenvalue weighted by atomic mass is 10.1. The van der Waals surface area contributed by atoms with E-state index in [0.29, 0.717) is 12.8 Å². The molecule has 0 aromatic carbocycles. The van der Waals surface area contributed by atoms with Crippen LogP contribution < -0.4 is 0 Å². The molecule has 0 aliphatic carbocycles. The Morgan fingerprint density at radius 1 is 1.39 bits per heavy atom. The van der Waals surface area contributed by atoms with Gasteiger partial charge in [-0.1, -0.05) is 6.92 Å². The lowest BCUT2D eigenvalue weighted by Gasteiger charge is -2.01. The molecule has 18 heavy (non-hydrogen) atoms. The summed E-state index contributed by atoms with van der Waals surface area (Å²) in [4.78, 5) is 12.2. The molecule has 0 saturated carbocycles. The van der Waals surface area contributed by atoms with E-state index in [2.05, 4.69) is 10.2 Å². The van der Waals surface area contributed by atoms with Crippen LogP contribution in [-0.4, -0.2) is 25.3 Å². The molecule has 0 unspecified atom stereocenters. The highest BCUT2D eigenvalue weighted by Crippen LogP contribution is 2.12. The fraction of sp³-hybridized carbons (Fsp3) is 0.462. The second-order valence-corrected chi connectivity index (χ2v) is 4.39. The summed E-state index contributed by atoms with van der Waals surface area (Å²) < 4.78 is 3.51. The quantitative estimate of drug-likeness (QED) is 0.752. The van der Waals surface area contributed by atoms with Crippen molar-refractivity contribution >= 4 is 5.78 Å². The first kappa shape index (κ1) is 12.5. The van der Waals surface area contributed by atoms with Gasteiger partial charge in [0.1, 0.15) is 0 Å². The summed E-state index contributed by atoms with van der Waals surface area (Å²) in [5, 5.41) is 8.39. The predicted molar refractivity (Wildman–Crippen MR) is 68.4 cm³/mol. The van der Waals surface area contributed by atoms with Crippen LogP contribution in [0.15, 0.2) is 18.5 Å². The van der Waals surface area contributed by atoms with E-state index >= 15 is 0 Å². The first-order chi connectivity index (χ1) is 8.61. The number of rotatable bonds is 5. The maximum Gasteiger partial charge on any atom is 0.166 e. The fourth-order valence-corrected chi connectivity index (χ4v) is 2.05. The van der Waals surface area contributed by atoms with E-state index in [9.17, 15) is 4.79 Å². The minimum Gasteiger partial charge on any atom is -0.294 e. The van der Waals surface area contributed by atoms with Gasteiger partial charge in [-0.2, -0.15) is 10.2 Å². The van der Waals surface area contributed by atoms with Crippen LogP contribution in [-0.2, 0) is 26.9 Å². The molecule has 0 bridgehead atoms. The van der Waals surface area contributed by atoms with Crippen molar-refractivity contribution in [3.63, 3.8) is 0 Å². The van der Waals surface area contributed by atoms with Crippen molar-refractivity contribution in [1.82, 2.24) is 19.6 Å². The highest BCUT2D eigenvalue weighted by atomic mass is 16.1. The molecular weight excluding hydrogens is 228 g/mol. The number of Topliss-reactive ketones (excluding diaryl/α,β-unsaturated/α-hetero) is 1. The van der Waals surface area contributed by atoms with Crippen LogP contribution in [0.4, 0.5) is 0 Å². The van der Waals surface area contributed by atoms with Gasteiger partial charge >= 0.3 is 0 Å². The molecule has 96 valence electrons. The molecule has 0 saturated heterocycles. The topological polar surface area (TPSA) is 52.7 Å². The summed E-state index contributed by atoms with van der Waals surface area (Å²) in [6.07, 6.45) is 5.56. The summed E-state index contributed by atoms with van der Waals surface area (Å²) in [5.74, 6) is 0.154. The number of ketones is 1. The zero-order valence-electron chi connectivity index (χ0n) is 11.1. The number of nitrogens with zero attached hydrogens (tertiary/aromatic N) is 4. The first-order valence-electron chi connectivity index (χ1n) is 6.14. The molecule has 2 rings (SSSR count). The van der Waals surface area contributed by atoms with Gasteiger partial charge in [0.05, 0.1) is 11.3 Å². The summed E-state index contributed by atoms with van der Waals surface area (Å²) in [6.45, 7) is 2.01. The molecule has 0 radical (unpaired) electrons. The molecule has 2 aromatic rings. The largest absolute Gasteiger partial charge is 0.294 e. The number of aromatic nitrogens is 4. The summed E-state index contributed by atoms with van der Waals surface area (Å²) in [7, 11) is 3.73. The normalized spacial score (nSPS) is 10.8. The third-order valence-electron chi connectivity index (χ3n) is 3.07. The van der Waals surface area contributed by atoms with Crippen LogP contribution >= 0.6 is 0 Å². The number of aryl methyl sites for hydroxylation is 4. The molecular formula is C13H18N4O. The molecule has 2 aromatic heterocycles.